The predicted octanol–water partition coefficient (Wildman–Crippen LogP) is 1.18. The number of hydrogen-bond acceptors (Lipinski definition) is 3. The van der Waals surface area contributed by atoms with E-state index in [1.54, 1.807) is 24.3 Å². The summed E-state index contributed by atoms with van der Waals surface area (Å²) in [6.45, 7) is 1.37. The molecule has 1 unspecified atom stereocenters. The molecule has 2 N–H and O–H groups in total. The molecule has 94 valence electrons. The van der Waals surface area contributed by atoms with Crippen molar-refractivity contribution in [3.8, 4) is 6.07 Å². The van der Waals surface area contributed by atoms with E-state index in [4.69, 9.17) is 10.4 Å². The van der Waals surface area contributed by atoms with Crippen molar-refractivity contribution in [2.45, 2.75) is 13.0 Å². The molecule has 6 heteroatoms. The third-order valence-corrected chi connectivity index (χ3v) is 2.40. The summed E-state index contributed by atoms with van der Waals surface area (Å²) in [6.07, 6.45) is 0. The number of hydrogen-bond donors (Lipinski definition) is 2. The number of para-hydroxylation sites is 1. The standard InChI is InChI=1S/C12H13N3O3/c1-8(11(16)17)14-12(18)15(2)10-6-4-3-5-9(10)7-13/h3-6,8H,1-2H3,(H,14,18)(H,16,17). The van der Waals surface area contributed by atoms with Crippen molar-refractivity contribution in [2.75, 3.05) is 11.9 Å². The van der Waals surface area contributed by atoms with Gasteiger partial charge in [-0.2, -0.15) is 5.26 Å². The smallest absolute Gasteiger partial charge is 0.325 e. The number of rotatable bonds is 3. The normalized spacial score (nSPS) is 11.2. The molecular formula is C12H13N3O3. The molecule has 0 radical (unpaired) electrons. The Bertz CT molecular complexity index is 508. The summed E-state index contributed by atoms with van der Waals surface area (Å²) in [5.41, 5.74) is 0.771. The van der Waals surface area contributed by atoms with Crippen molar-refractivity contribution >= 4 is 17.7 Å². The fourth-order valence-electron chi connectivity index (χ4n) is 1.31. The van der Waals surface area contributed by atoms with Crippen LogP contribution in [-0.4, -0.2) is 30.2 Å². The Morgan fingerprint density at radius 2 is 2.06 bits per heavy atom. The maximum absolute atomic E-state index is 11.8. The average molecular weight is 247 g/mol. The average Bonchev–Trinajstić information content (AvgIpc) is 2.37. The number of carboxylic acids is 1. The Balaban J connectivity index is 2.87. The molecule has 0 aliphatic carbocycles. The van der Waals surface area contributed by atoms with Crippen LogP contribution < -0.4 is 10.2 Å². The highest BCUT2D eigenvalue weighted by Crippen LogP contribution is 2.17. The molecule has 1 atom stereocenters. The predicted molar refractivity (Wildman–Crippen MR) is 65.2 cm³/mol. The zero-order valence-corrected chi connectivity index (χ0v) is 10.0. The van der Waals surface area contributed by atoms with E-state index in [9.17, 15) is 9.59 Å². The van der Waals surface area contributed by atoms with Gasteiger partial charge < -0.3 is 10.4 Å². The number of carbonyl (C=O) groups excluding carboxylic acids is 1. The monoisotopic (exact) mass is 247 g/mol. The zero-order valence-electron chi connectivity index (χ0n) is 10.0. The first-order chi connectivity index (χ1) is 8.47. The molecular weight excluding hydrogens is 234 g/mol. The van der Waals surface area contributed by atoms with E-state index >= 15 is 0 Å². The molecule has 1 aromatic rings. The first-order valence-corrected chi connectivity index (χ1v) is 5.23. The SMILES string of the molecule is CC(NC(=O)N(C)c1ccccc1C#N)C(=O)O. The Kier molecular flexibility index (Phi) is 4.27. The molecule has 0 bridgehead atoms. The highest BCUT2D eigenvalue weighted by molar-refractivity contribution is 5.95. The number of urea groups is 1. The van der Waals surface area contributed by atoms with Crippen LogP contribution in [0.25, 0.3) is 0 Å². The summed E-state index contributed by atoms with van der Waals surface area (Å²) in [4.78, 5) is 23.6. The van der Waals surface area contributed by atoms with Gasteiger partial charge in [-0.05, 0) is 19.1 Å². The second kappa shape index (κ2) is 5.68. The fraction of sp³-hybridized carbons (Fsp3) is 0.250. The summed E-state index contributed by atoms with van der Waals surface area (Å²) >= 11 is 0. The second-order valence-corrected chi connectivity index (χ2v) is 3.70. The van der Waals surface area contributed by atoms with Gasteiger partial charge in [-0.15, -0.1) is 0 Å². The Morgan fingerprint density at radius 1 is 1.44 bits per heavy atom. The largest absolute Gasteiger partial charge is 0.480 e. The van der Waals surface area contributed by atoms with Crippen molar-refractivity contribution in [1.82, 2.24) is 5.32 Å². The van der Waals surface area contributed by atoms with Crippen molar-refractivity contribution in [2.24, 2.45) is 0 Å². The summed E-state index contributed by atoms with van der Waals surface area (Å²) in [5.74, 6) is -1.12. The van der Waals surface area contributed by atoms with Crippen LogP contribution in [0.2, 0.25) is 0 Å². The van der Waals surface area contributed by atoms with E-state index in [-0.39, 0.29) is 0 Å². The number of benzene rings is 1. The minimum absolute atomic E-state index is 0.345. The third-order valence-electron chi connectivity index (χ3n) is 2.40. The molecule has 0 heterocycles. The molecule has 18 heavy (non-hydrogen) atoms. The molecule has 2 amide bonds. The van der Waals surface area contributed by atoms with Gasteiger partial charge in [0.25, 0.3) is 0 Å². The van der Waals surface area contributed by atoms with Crippen molar-refractivity contribution in [3.63, 3.8) is 0 Å². The van der Waals surface area contributed by atoms with E-state index in [1.165, 1.54) is 18.9 Å². The van der Waals surface area contributed by atoms with Crippen LogP contribution >= 0.6 is 0 Å². The van der Waals surface area contributed by atoms with Crippen molar-refractivity contribution in [3.05, 3.63) is 29.8 Å². The summed E-state index contributed by atoms with van der Waals surface area (Å²) in [6, 6.07) is 6.98. The van der Waals surface area contributed by atoms with Gasteiger partial charge in [0.15, 0.2) is 0 Å². The summed E-state index contributed by atoms with van der Waals surface area (Å²) in [5, 5.41) is 19.9. The second-order valence-electron chi connectivity index (χ2n) is 3.70. The Hall–Kier alpha value is -2.55. The van der Waals surface area contributed by atoms with E-state index in [0.717, 1.165) is 0 Å². The number of amides is 2. The van der Waals surface area contributed by atoms with Crippen LogP contribution in [0.3, 0.4) is 0 Å². The molecule has 6 nitrogen and oxygen atoms in total. The maximum atomic E-state index is 11.8. The number of carbonyl (C=O) groups is 2. The van der Waals surface area contributed by atoms with Crippen LogP contribution in [0.1, 0.15) is 12.5 Å². The van der Waals surface area contributed by atoms with E-state index in [0.29, 0.717) is 11.3 Å². The van der Waals surface area contributed by atoms with Gasteiger partial charge in [-0.3, -0.25) is 9.69 Å². The third kappa shape index (κ3) is 2.98. The highest BCUT2D eigenvalue weighted by atomic mass is 16.4. The minimum atomic E-state index is -1.12. The van der Waals surface area contributed by atoms with Crippen LogP contribution in [0, 0.1) is 11.3 Å². The van der Waals surface area contributed by atoms with Gasteiger partial charge in [-0.1, -0.05) is 12.1 Å². The van der Waals surface area contributed by atoms with Crippen LogP contribution in [0.15, 0.2) is 24.3 Å². The van der Waals surface area contributed by atoms with Gasteiger partial charge in [0.2, 0.25) is 0 Å². The molecule has 0 aromatic heterocycles. The number of nitrogens with one attached hydrogen (secondary N) is 1. The maximum Gasteiger partial charge on any atom is 0.325 e. The van der Waals surface area contributed by atoms with Crippen molar-refractivity contribution in [1.29, 1.82) is 5.26 Å². The molecule has 0 aliphatic rings. The van der Waals surface area contributed by atoms with Gasteiger partial charge >= 0.3 is 12.0 Å². The van der Waals surface area contributed by atoms with E-state index < -0.39 is 18.0 Å². The summed E-state index contributed by atoms with van der Waals surface area (Å²) in [7, 11) is 1.47. The summed E-state index contributed by atoms with van der Waals surface area (Å²) < 4.78 is 0. The lowest BCUT2D eigenvalue weighted by Crippen LogP contribution is -2.45. The first-order valence-electron chi connectivity index (χ1n) is 5.23. The zero-order chi connectivity index (χ0) is 13.7. The fourth-order valence-corrected chi connectivity index (χ4v) is 1.31. The molecule has 1 rings (SSSR count). The molecule has 1 aromatic carbocycles. The minimum Gasteiger partial charge on any atom is -0.480 e. The highest BCUT2D eigenvalue weighted by Gasteiger charge is 2.19. The molecule has 0 aliphatic heterocycles. The first kappa shape index (κ1) is 13.5. The number of carboxylic acid groups (broad SMARTS) is 1. The Labute approximate surface area is 104 Å². The topological polar surface area (TPSA) is 93.4 Å². The van der Waals surface area contributed by atoms with Crippen LogP contribution in [-0.2, 0) is 4.79 Å². The number of nitrogens with zero attached hydrogens (tertiary/aromatic N) is 2. The van der Waals surface area contributed by atoms with Gasteiger partial charge in [0.05, 0.1) is 11.3 Å². The lowest BCUT2D eigenvalue weighted by molar-refractivity contribution is -0.138. The quantitative estimate of drug-likeness (QED) is 0.838. The number of anilines is 1. The van der Waals surface area contributed by atoms with Gasteiger partial charge in [-0.25, -0.2) is 4.79 Å². The van der Waals surface area contributed by atoms with Crippen molar-refractivity contribution < 1.29 is 14.7 Å². The van der Waals surface area contributed by atoms with Gasteiger partial charge in [0.1, 0.15) is 12.1 Å². The Morgan fingerprint density at radius 3 is 2.61 bits per heavy atom. The number of aliphatic carboxylic acids is 1. The van der Waals surface area contributed by atoms with Gasteiger partial charge in [0, 0.05) is 7.05 Å². The molecule has 0 fully saturated rings. The van der Waals surface area contributed by atoms with E-state index in [1.807, 2.05) is 6.07 Å². The lowest BCUT2D eigenvalue weighted by Gasteiger charge is -2.20. The van der Waals surface area contributed by atoms with E-state index in [2.05, 4.69) is 5.32 Å². The van der Waals surface area contributed by atoms with Crippen LogP contribution in [0.5, 0.6) is 0 Å². The lowest BCUT2D eigenvalue weighted by atomic mass is 10.2. The number of nitriles is 1. The molecule has 0 saturated carbocycles. The van der Waals surface area contributed by atoms with Crippen LogP contribution in [0.4, 0.5) is 10.5 Å². The molecule has 0 spiro atoms. The molecule has 0 saturated heterocycles.